The maximum atomic E-state index is 10.6. The van der Waals surface area contributed by atoms with Crippen molar-refractivity contribution < 1.29 is 19.4 Å². The Kier molecular flexibility index (Phi) is 2.68. The molecule has 15 heavy (non-hydrogen) atoms. The van der Waals surface area contributed by atoms with Gasteiger partial charge < -0.3 is 14.6 Å². The van der Waals surface area contributed by atoms with Crippen molar-refractivity contribution in [3.63, 3.8) is 0 Å². The summed E-state index contributed by atoms with van der Waals surface area (Å²) in [6, 6.07) is 3.21. The summed E-state index contributed by atoms with van der Waals surface area (Å²) in [7, 11) is 0. The topological polar surface area (TPSA) is 55.8 Å². The second kappa shape index (κ2) is 3.98. The maximum absolute atomic E-state index is 10.6. The lowest BCUT2D eigenvalue weighted by Gasteiger charge is -2.19. The first kappa shape index (κ1) is 10.1. The Balaban J connectivity index is 2.36. The molecule has 0 amide bonds. The van der Waals surface area contributed by atoms with Crippen LogP contribution in [0.15, 0.2) is 12.1 Å². The molecular weight excluding hydrogens is 220 g/mol. The van der Waals surface area contributed by atoms with Crippen molar-refractivity contribution in [3.05, 3.63) is 22.7 Å². The molecule has 80 valence electrons. The number of carboxylic acids is 1. The van der Waals surface area contributed by atoms with Gasteiger partial charge in [0.05, 0.1) is 6.42 Å². The van der Waals surface area contributed by atoms with Gasteiger partial charge in [0.15, 0.2) is 11.5 Å². The molecule has 0 saturated carbocycles. The van der Waals surface area contributed by atoms with Gasteiger partial charge in [-0.05, 0) is 11.6 Å². The molecule has 0 aromatic heterocycles. The number of carbonyl (C=O) groups is 1. The van der Waals surface area contributed by atoms with Crippen LogP contribution in [0.4, 0.5) is 0 Å². The quantitative estimate of drug-likeness (QED) is 0.838. The number of rotatable bonds is 2. The smallest absolute Gasteiger partial charge is 0.307 e. The van der Waals surface area contributed by atoms with E-state index >= 15 is 0 Å². The Labute approximate surface area is 91.4 Å². The van der Waals surface area contributed by atoms with Crippen LogP contribution >= 0.6 is 11.6 Å². The number of ether oxygens (including phenoxy) is 2. The summed E-state index contributed by atoms with van der Waals surface area (Å²) in [6.07, 6.45) is -0.116. The van der Waals surface area contributed by atoms with Crippen molar-refractivity contribution >= 4 is 17.6 Å². The minimum atomic E-state index is -0.923. The molecule has 0 unspecified atom stereocenters. The number of hydrogen-bond acceptors (Lipinski definition) is 3. The van der Waals surface area contributed by atoms with Crippen LogP contribution < -0.4 is 9.47 Å². The highest BCUT2D eigenvalue weighted by Crippen LogP contribution is 2.35. The third-order valence-electron chi connectivity index (χ3n) is 2.05. The lowest BCUT2D eigenvalue weighted by molar-refractivity contribution is -0.136. The molecule has 1 N–H and O–H groups in total. The zero-order chi connectivity index (χ0) is 10.8. The van der Waals surface area contributed by atoms with Crippen molar-refractivity contribution in [2.24, 2.45) is 0 Å². The molecular formula is C10H9ClO4. The van der Waals surface area contributed by atoms with Gasteiger partial charge in [0.2, 0.25) is 0 Å². The highest BCUT2D eigenvalue weighted by molar-refractivity contribution is 6.31. The fourth-order valence-corrected chi connectivity index (χ4v) is 1.62. The summed E-state index contributed by atoms with van der Waals surface area (Å²) < 4.78 is 10.6. The monoisotopic (exact) mass is 228 g/mol. The van der Waals surface area contributed by atoms with E-state index in [9.17, 15) is 4.79 Å². The van der Waals surface area contributed by atoms with Crippen LogP contribution in [0.25, 0.3) is 0 Å². The van der Waals surface area contributed by atoms with Gasteiger partial charge in [-0.3, -0.25) is 4.79 Å². The molecule has 1 aliphatic heterocycles. The van der Waals surface area contributed by atoms with E-state index in [1.165, 1.54) is 0 Å². The van der Waals surface area contributed by atoms with Crippen molar-refractivity contribution in [1.29, 1.82) is 0 Å². The van der Waals surface area contributed by atoms with Crippen molar-refractivity contribution in [2.75, 3.05) is 13.2 Å². The number of halogens is 1. The summed E-state index contributed by atoms with van der Waals surface area (Å²) >= 11 is 5.91. The van der Waals surface area contributed by atoms with E-state index in [-0.39, 0.29) is 6.42 Å². The molecule has 5 heteroatoms. The van der Waals surface area contributed by atoms with Gasteiger partial charge in [-0.25, -0.2) is 0 Å². The van der Waals surface area contributed by atoms with E-state index < -0.39 is 5.97 Å². The van der Waals surface area contributed by atoms with E-state index in [0.717, 1.165) is 0 Å². The Morgan fingerprint density at radius 2 is 1.93 bits per heavy atom. The van der Waals surface area contributed by atoms with E-state index in [4.69, 9.17) is 26.2 Å². The highest BCUT2D eigenvalue weighted by atomic mass is 35.5. The van der Waals surface area contributed by atoms with Crippen LogP contribution in [0.5, 0.6) is 11.5 Å². The molecule has 0 spiro atoms. The van der Waals surface area contributed by atoms with Crippen LogP contribution in [-0.4, -0.2) is 24.3 Å². The fraction of sp³-hybridized carbons (Fsp3) is 0.300. The predicted molar refractivity (Wildman–Crippen MR) is 53.8 cm³/mol. The zero-order valence-corrected chi connectivity index (χ0v) is 8.58. The normalized spacial score (nSPS) is 13.7. The van der Waals surface area contributed by atoms with Gasteiger partial charge >= 0.3 is 5.97 Å². The Morgan fingerprint density at radius 1 is 1.33 bits per heavy atom. The summed E-state index contributed by atoms with van der Waals surface area (Å²) in [5.41, 5.74) is 0.536. The second-order valence-corrected chi connectivity index (χ2v) is 3.56. The molecule has 0 saturated heterocycles. The molecule has 0 atom stereocenters. The van der Waals surface area contributed by atoms with E-state index in [1.807, 2.05) is 0 Å². The summed E-state index contributed by atoms with van der Waals surface area (Å²) in [5, 5.41) is 9.06. The SMILES string of the molecule is O=C(O)Cc1cc2c(cc1Cl)OCCO2. The van der Waals surface area contributed by atoms with Crippen molar-refractivity contribution in [2.45, 2.75) is 6.42 Å². The minimum Gasteiger partial charge on any atom is -0.486 e. The number of benzene rings is 1. The first-order valence-electron chi connectivity index (χ1n) is 4.46. The minimum absolute atomic E-state index is 0.116. The molecule has 4 nitrogen and oxygen atoms in total. The maximum Gasteiger partial charge on any atom is 0.307 e. The number of hydrogen-bond donors (Lipinski definition) is 1. The van der Waals surface area contributed by atoms with Crippen molar-refractivity contribution in [3.8, 4) is 11.5 Å². The van der Waals surface area contributed by atoms with E-state index in [2.05, 4.69) is 0 Å². The molecule has 2 rings (SSSR count). The first-order valence-corrected chi connectivity index (χ1v) is 4.84. The lowest BCUT2D eigenvalue weighted by atomic mass is 10.1. The summed E-state index contributed by atoms with van der Waals surface area (Å²) in [4.78, 5) is 10.6. The standard InChI is InChI=1S/C10H9ClO4/c11-7-5-9-8(14-1-2-15-9)3-6(7)4-10(12)13/h3,5H,1-2,4H2,(H,12,13). The highest BCUT2D eigenvalue weighted by Gasteiger charge is 2.16. The summed E-state index contributed by atoms with van der Waals surface area (Å²) in [5.74, 6) is 0.205. The van der Waals surface area contributed by atoms with E-state index in [1.54, 1.807) is 12.1 Å². The van der Waals surface area contributed by atoms with Gasteiger partial charge in [0.1, 0.15) is 13.2 Å². The molecule has 0 aliphatic carbocycles. The molecule has 1 aromatic rings. The van der Waals surface area contributed by atoms with Crippen LogP contribution in [-0.2, 0) is 11.2 Å². The zero-order valence-electron chi connectivity index (χ0n) is 7.83. The number of carboxylic acid groups (broad SMARTS) is 1. The van der Waals surface area contributed by atoms with Crippen LogP contribution in [0.1, 0.15) is 5.56 Å². The third kappa shape index (κ3) is 2.15. The number of fused-ring (bicyclic) bond motifs is 1. The predicted octanol–water partition coefficient (Wildman–Crippen LogP) is 1.74. The van der Waals surface area contributed by atoms with Crippen LogP contribution in [0.2, 0.25) is 5.02 Å². The largest absolute Gasteiger partial charge is 0.486 e. The molecule has 1 aliphatic rings. The molecule has 0 radical (unpaired) electrons. The average molecular weight is 229 g/mol. The van der Waals surface area contributed by atoms with Gasteiger partial charge in [-0.15, -0.1) is 0 Å². The Morgan fingerprint density at radius 3 is 2.53 bits per heavy atom. The molecule has 1 aromatic carbocycles. The fourth-order valence-electron chi connectivity index (χ4n) is 1.40. The lowest BCUT2D eigenvalue weighted by Crippen LogP contribution is -2.15. The van der Waals surface area contributed by atoms with E-state index in [0.29, 0.717) is 35.3 Å². The summed E-state index contributed by atoms with van der Waals surface area (Å²) in [6.45, 7) is 0.961. The Bertz CT molecular complexity index is 403. The average Bonchev–Trinajstić information content (AvgIpc) is 2.18. The first-order chi connectivity index (χ1) is 7.16. The van der Waals surface area contributed by atoms with Gasteiger partial charge in [-0.2, -0.15) is 0 Å². The van der Waals surface area contributed by atoms with Gasteiger partial charge in [0.25, 0.3) is 0 Å². The third-order valence-corrected chi connectivity index (χ3v) is 2.40. The Hall–Kier alpha value is -1.42. The van der Waals surface area contributed by atoms with Gasteiger partial charge in [0, 0.05) is 11.1 Å². The molecule has 0 bridgehead atoms. The van der Waals surface area contributed by atoms with Crippen LogP contribution in [0.3, 0.4) is 0 Å². The van der Waals surface area contributed by atoms with Crippen LogP contribution in [0, 0.1) is 0 Å². The second-order valence-electron chi connectivity index (χ2n) is 3.16. The molecule has 0 fully saturated rings. The van der Waals surface area contributed by atoms with Gasteiger partial charge in [-0.1, -0.05) is 11.6 Å². The van der Waals surface area contributed by atoms with Crippen molar-refractivity contribution in [1.82, 2.24) is 0 Å². The number of aliphatic carboxylic acids is 1. The molecule has 1 heterocycles.